The van der Waals surface area contributed by atoms with E-state index in [-0.39, 0.29) is 36.8 Å². The summed E-state index contributed by atoms with van der Waals surface area (Å²) in [7, 11) is 0. The van der Waals surface area contributed by atoms with Crippen molar-refractivity contribution >= 4 is 32.7 Å². The summed E-state index contributed by atoms with van der Waals surface area (Å²) in [5.74, 6) is -12.1. The molecule has 1 radical (unpaired) electrons. The Bertz CT molecular complexity index is 3200. The minimum absolute atomic E-state index is 0. The first-order valence-electron chi connectivity index (χ1n) is 22.3. The second kappa shape index (κ2) is 17.9. The first kappa shape index (κ1) is 39.6. The fourth-order valence-electron chi connectivity index (χ4n) is 6.95. The minimum Gasteiger partial charge on any atom is -0.500 e. The van der Waals surface area contributed by atoms with Crippen LogP contribution in [0.1, 0.15) is 64.4 Å². The van der Waals surface area contributed by atoms with Crippen LogP contribution in [0.4, 0.5) is 52.7 Å². The van der Waals surface area contributed by atoms with Gasteiger partial charge in [-0.05, 0) is 68.5 Å². The smallest absolute Gasteiger partial charge is 0.404 e. The Labute approximate surface area is 387 Å². The van der Waals surface area contributed by atoms with Gasteiger partial charge < -0.3 is 14.4 Å². The minimum atomic E-state index is -6.83. The Kier molecular flexibility index (Phi) is 10.9. The molecule has 0 unspecified atom stereocenters. The number of aryl methyl sites for hydroxylation is 1. The number of pyridine rings is 2. The SMILES string of the molecule is [2H]C([2H])([2H])c1ccc(-c2[c-]cccc2)nc1.[2H]c1c(C(C)(C)C)c([2H])c(C([2H])(C(F)(F)F)C(F)(F)F)c(-c2ccnc(-c3[c-]ccc4c3oc3c5ccccc5ccc43)c2)c1C([2H])(C(F)(F)F)C(F)(F)F.[Ir]. The molecule has 65 heavy (non-hydrogen) atoms. The van der Waals surface area contributed by atoms with Crippen molar-refractivity contribution in [1.82, 2.24) is 9.97 Å². The molecule has 8 rings (SSSR count). The Morgan fingerprint density at radius 3 is 1.80 bits per heavy atom. The summed E-state index contributed by atoms with van der Waals surface area (Å²) in [5, 5.41) is 2.24. The van der Waals surface area contributed by atoms with Gasteiger partial charge in [-0.1, -0.05) is 98.4 Å². The molecule has 0 aliphatic rings. The summed E-state index contributed by atoms with van der Waals surface area (Å²) in [6.07, 6.45) is -25.3. The maximum absolute atomic E-state index is 14.8. The van der Waals surface area contributed by atoms with Crippen LogP contribution in [0.5, 0.6) is 0 Å². The number of furan rings is 1. The van der Waals surface area contributed by atoms with Crippen LogP contribution in [-0.2, 0) is 25.5 Å². The largest absolute Gasteiger partial charge is 0.500 e. The standard InChI is InChI=1S/C37H24F12NO.C12H10N.Ir/c1-33(2,3)20-16-25(31(34(38,39)40)35(41,42)43)28(26(17-20)32(36(44,45)46)37(47,48)49)19-13-14-50-27(15-19)24-10-6-9-22-23-12-11-18-7-4-5-8-21(18)29(23)51-30(22)24;1-10-7-8-12(13-9-10)11-5-3-2-4-6-11;/h4-9,11-17,31-32H,1-3H3;2-5,7-9H,1H3;/q2*-1;/i16D,17D,31D,32D;1D3;. The third-order valence-electron chi connectivity index (χ3n) is 9.76. The average Bonchev–Trinajstić information content (AvgIpc) is 3.66. The molecule has 16 heteroatoms. The van der Waals surface area contributed by atoms with Gasteiger partial charge >= 0.3 is 24.7 Å². The third kappa shape index (κ3) is 10.2. The molecule has 0 N–H and O–H groups in total. The molecule has 0 aliphatic heterocycles. The summed E-state index contributed by atoms with van der Waals surface area (Å²) in [4.78, 5) is 8.15. The zero-order valence-electron chi connectivity index (χ0n) is 40.6. The van der Waals surface area contributed by atoms with Gasteiger partial charge in [0.25, 0.3) is 0 Å². The first-order chi connectivity index (χ1) is 32.7. The van der Waals surface area contributed by atoms with Gasteiger partial charge in [-0.2, -0.15) is 52.7 Å². The van der Waals surface area contributed by atoms with Crippen LogP contribution < -0.4 is 0 Å². The fourth-order valence-corrected chi connectivity index (χ4v) is 6.95. The van der Waals surface area contributed by atoms with Crippen molar-refractivity contribution in [3.8, 4) is 33.6 Å². The first-order valence-corrected chi connectivity index (χ1v) is 18.8. The van der Waals surface area contributed by atoms with E-state index >= 15 is 0 Å². The summed E-state index contributed by atoms with van der Waals surface area (Å²) >= 11 is 0. The van der Waals surface area contributed by atoms with Crippen molar-refractivity contribution in [2.45, 2.75) is 69.5 Å². The van der Waals surface area contributed by atoms with Crippen molar-refractivity contribution in [2.75, 3.05) is 0 Å². The molecule has 0 fully saturated rings. The van der Waals surface area contributed by atoms with Crippen molar-refractivity contribution in [3.63, 3.8) is 0 Å². The summed E-state index contributed by atoms with van der Waals surface area (Å²) in [6.45, 7) is 0.667. The van der Waals surface area contributed by atoms with E-state index in [4.69, 9.17) is 14.0 Å². The van der Waals surface area contributed by atoms with E-state index in [1.54, 1.807) is 54.6 Å². The molecule has 3 nitrogen and oxygen atoms in total. The fraction of sp³-hybridized carbons (Fsp3) is 0.224. The van der Waals surface area contributed by atoms with Gasteiger partial charge in [-0.25, -0.2) is 0 Å². The van der Waals surface area contributed by atoms with Crippen LogP contribution in [-0.4, -0.2) is 34.7 Å². The molecule has 341 valence electrons. The number of aromatic nitrogens is 2. The van der Waals surface area contributed by atoms with Crippen LogP contribution in [0.25, 0.3) is 66.4 Å². The van der Waals surface area contributed by atoms with Crippen LogP contribution in [0.15, 0.2) is 126 Å². The normalized spacial score (nSPS) is 14.8. The summed E-state index contributed by atoms with van der Waals surface area (Å²) in [5.41, 5.74) is -11.0. The molecule has 0 saturated heterocycles. The second-order valence-corrected chi connectivity index (χ2v) is 15.2. The van der Waals surface area contributed by atoms with Crippen LogP contribution in [0, 0.1) is 19.0 Å². The number of nitrogens with zero attached hydrogens (tertiary/aromatic N) is 2. The van der Waals surface area contributed by atoms with Crippen LogP contribution in [0.3, 0.4) is 0 Å². The molecule has 3 heterocycles. The Hall–Kier alpha value is -5.73. The number of fused-ring (bicyclic) bond motifs is 5. The molecule has 0 saturated carbocycles. The Morgan fingerprint density at radius 2 is 1.25 bits per heavy atom. The molecular formula is C49H34F12IrN2O-2. The molecule has 0 aliphatic carbocycles. The zero-order valence-corrected chi connectivity index (χ0v) is 36.0. The quantitative estimate of drug-likeness (QED) is 0.127. The number of halogens is 12. The van der Waals surface area contributed by atoms with Crippen molar-refractivity contribution in [3.05, 3.63) is 156 Å². The van der Waals surface area contributed by atoms with Crippen molar-refractivity contribution in [2.24, 2.45) is 0 Å². The predicted molar refractivity (Wildman–Crippen MR) is 220 cm³/mol. The molecule has 3 aromatic heterocycles. The number of benzene rings is 5. The summed E-state index contributed by atoms with van der Waals surface area (Å²) in [6, 6.07) is 26.8. The Morgan fingerprint density at radius 1 is 0.631 bits per heavy atom. The number of hydrogen-bond acceptors (Lipinski definition) is 3. The van der Waals surface area contributed by atoms with Gasteiger partial charge in [0, 0.05) is 47.4 Å². The van der Waals surface area contributed by atoms with E-state index in [9.17, 15) is 52.7 Å². The molecule has 0 amide bonds. The number of hydrogen-bond donors (Lipinski definition) is 0. The average molecular weight is 1090 g/mol. The second-order valence-electron chi connectivity index (χ2n) is 15.2. The predicted octanol–water partition coefficient (Wildman–Crippen LogP) is 15.8. The van der Waals surface area contributed by atoms with E-state index in [0.717, 1.165) is 37.4 Å². The van der Waals surface area contributed by atoms with Crippen molar-refractivity contribution in [1.29, 1.82) is 0 Å². The van der Waals surface area contributed by atoms with Crippen LogP contribution in [0.2, 0.25) is 0 Å². The molecule has 0 atom stereocenters. The van der Waals surface area contributed by atoms with Gasteiger partial charge in [0.05, 0.1) is 11.1 Å². The summed E-state index contributed by atoms with van der Waals surface area (Å²) < 4.78 is 238. The molecule has 5 aromatic carbocycles. The van der Waals surface area contributed by atoms with Gasteiger partial charge in [0.1, 0.15) is 5.58 Å². The molecule has 0 spiro atoms. The van der Waals surface area contributed by atoms with Gasteiger partial charge in [0.2, 0.25) is 0 Å². The van der Waals surface area contributed by atoms with Gasteiger partial charge in [-0.15, -0.1) is 54.1 Å². The van der Waals surface area contributed by atoms with Gasteiger partial charge in [0.15, 0.2) is 11.8 Å². The van der Waals surface area contributed by atoms with Crippen LogP contribution >= 0.6 is 0 Å². The molecular weight excluding hydrogens is 1050 g/mol. The van der Waals surface area contributed by atoms with E-state index in [2.05, 4.69) is 22.1 Å². The molecule has 8 aromatic rings. The van der Waals surface area contributed by atoms with E-state index in [1.165, 1.54) is 18.3 Å². The third-order valence-corrected chi connectivity index (χ3v) is 9.76. The van der Waals surface area contributed by atoms with E-state index in [1.807, 2.05) is 18.2 Å². The van der Waals surface area contributed by atoms with E-state index in [0.29, 0.717) is 40.1 Å². The number of alkyl halides is 12. The van der Waals surface area contributed by atoms with Gasteiger partial charge in [-0.3, -0.25) is 0 Å². The number of rotatable bonds is 5. The maximum Gasteiger partial charge on any atom is 0.404 e. The van der Waals surface area contributed by atoms with E-state index < -0.39 is 94.4 Å². The van der Waals surface area contributed by atoms with Crippen molar-refractivity contribution < 1.29 is 86.8 Å². The Balaban J connectivity index is 0.000000422. The maximum atomic E-state index is 14.8. The molecule has 0 bridgehead atoms. The zero-order chi connectivity index (χ0) is 52.7. The topological polar surface area (TPSA) is 38.9 Å². The monoisotopic (exact) mass is 1090 g/mol.